The van der Waals surface area contributed by atoms with Gasteiger partial charge in [0.1, 0.15) is 8.80 Å². The normalized spacial score (nSPS) is 9.50. The second-order valence-electron chi connectivity index (χ2n) is 6.35. The summed E-state index contributed by atoms with van der Waals surface area (Å²) in [6, 6.07) is 43.7. The average molecular weight is 496 g/mol. The van der Waals surface area contributed by atoms with Crippen LogP contribution in [0.3, 0.4) is 0 Å². The van der Waals surface area contributed by atoms with Gasteiger partial charge in [-0.1, -0.05) is 77.1 Å². The van der Waals surface area contributed by atoms with Gasteiger partial charge in [0, 0.05) is 0 Å². The summed E-state index contributed by atoms with van der Waals surface area (Å²) in [7, 11) is -0.783. The maximum atomic E-state index is 8.03. The molecule has 0 atom stereocenters. The molecule has 4 heteroatoms. The molecule has 30 heavy (non-hydrogen) atoms. The Morgan fingerprint density at radius 2 is 1.20 bits per heavy atom. The SMILES string of the molecule is [N-]=[N+]=[C-]c1ccccc1.[Pd+2].[c-]1ccccc1C[Si](c1ccccc1)c1ccccc1. The quantitative estimate of drug-likeness (QED) is 0.131. The molecule has 2 nitrogen and oxygen atoms in total. The number of benzene rings is 4. The van der Waals surface area contributed by atoms with Crippen molar-refractivity contribution < 1.29 is 25.2 Å². The molecule has 149 valence electrons. The largest absolute Gasteiger partial charge is 2.00 e. The van der Waals surface area contributed by atoms with E-state index in [9.17, 15) is 0 Å². The van der Waals surface area contributed by atoms with Gasteiger partial charge < -0.3 is 5.53 Å². The van der Waals surface area contributed by atoms with E-state index in [0.29, 0.717) is 0 Å². The summed E-state index contributed by atoms with van der Waals surface area (Å²) in [5.74, 6) is 0. The van der Waals surface area contributed by atoms with Crippen molar-refractivity contribution in [2.45, 2.75) is 6.04 Å². The molecule has 0 fully saturated rings. The van der Waals surface area contributed by atoms with Crippen LogP contribution in [0.5, 0.6) is 0 Å². The Morgan fingerprint density at radius 3 is 1.67 bits per heavy atom. The molecule has 0 bridgehead atoms. The van der Waals surface area contributed by atoms with E-state index in [1.54, 1.807) is 12.1 Å². The smallest absolute Gasteiger partial charge is 0.377 e. The number of rotatable bonds is 5. The Balaban J connectivity index is 0.000000272. The molecule has 0 saturated carbocycles. The third kappa shape index (κ3) is 7.52. The number of nitrogens with zero attached hydrogens (tertiary/aromatic N) is 2. The number of hydrogen-bond acceptors (Lipinski definition) is 0. The van der Waals surface area contributed by atoms with Crippen LogP contribution in [0.15, 0.2) is 115 Å². The molecule has 0 aromatic heterocycles. The van der Waals surface area contributed by atoms with E-state index in [-0.39, 0.29) is 20.4 Å². The van der Waals surface area contributed by atoms with E-state index in [4.69, 9.17) is 5.53 Å². The molecule has 0 saturated heterocycles. The second kappa shape index (κ2) is 13.4. The Bertz CT molecular complexity index is 980. The first-order chi connectivity index (χ1) is 14.4. The van der Waals surface area contributed by atoms with E-state index in [2.05, 4.69) is 89.9 Å². The van der Waals surface area contributed by atoms with Gasteiger partial charge in [-0.15, -0.1) is 17.7 Å². The van der Waals surface area contributed by atoms with E-state index in [1.807, 2.05) is 30.3 Å². The van der Waals surface area contributed by atoms with Crippen LogP contribution < -0.4 is 10.4 Å². The molecule has 1 radical (unpaired) electrons. The van der Waals surface area contributed by atoms with Crippen molar-refractivity contribution in [1.82, 2.24) is 0 Å². The van der Waals surface area contributed by atoms with Crippen molar-refractivity contribution in [2.24, 2.45) is 0 Å². The fraction of sp³-hybridized carbons (Fsp3) is 0.0385. The van der Waals surface area contributed by atoms with Crippen LogP contribution in [0.1, 0.15) is 11.1 Å². The summed E-state index contributed by atoms with van der Waals surface area (Å²) in [6.07, 6.45) is 2.39. The minimum atomic E-state index is -0.783. The van der Waals surface area contributed by atoms with Gasteiger partial charge in [-0.25, -0.2) is 4.79 Å². The fourth-order valence-electron chi connectivity index (χ4n) is 2.95. The predicted octanol–water partition coefficient (Wildman–Crippen LogP) is 4.09. The monoisotopic (exact) mass is 495 g/mol. The average Bonchev–Trinajstić information content (AvgIpc) is 2.81. The molecule has 0 aliphatic rings. The molecule has 0 heterocycles. The van der Waals surface area contributed by atoms with Crippen LogP contribution in [-0.2, 0) is 26.5 Å². The minimum absolute atomic E-state index is 0. The topological polar surface area (TPSA) is 36.4 Å². The summed E-state index contributed by atoms with van der Waals surface area (Å²) < 4.78 is 0. The Labute approximate surface area is 194 Å². The Morgan fingerprint density at radius 1 is 0.700 bits per heavy atom. The molecule has 4 rings (SSSR count). The molecular weight excluding hydrogens is 475 g/mol. The zero-order chi connectivity index (χ0) is 20.2. The van der Waals surface area contributed by atoms with Crippen LogP contribution in [0, 0.1) is 6.07 Å². The summed E-state index contributed by atoms with van der Waals surface area (Å²) in [5, 5.41) is 2.92. The zero-order valence-corrected chi connectivity index (χ0v) is 18.9. The Kier molecular flexibility index (Phi) is 10.4. The van der Waals surface area contributed by atoms with Crippen molar-refractivity contribution in [3.63, 3.8) is 0 Å². The third-order valence-corrected chi connectivity index (χ3v) is 7.13. The molecule has 0 amide bonds. The van der Waals surface area contributed by atoms with Gasteiger partial charge in [0.2, 0.25) is 6.21 Å². The van der Waals surface area contributed by atoms with E-state index < -0.39 is 8.80 Å². The van der Waals surface area contributed by atoms with E-state index in [0.717, 1.165) is 11.6 Å². The van der Waals surface area contributed by atoms with Crippen LogP contribution in [0.25, 0.3) is 5.53 Å². The molecule has 0 spiro atoms. The molecule has 4 aromatic carbocycles. The minimum Gasteiger partial charge on any atom is -0.377 e. The summed E-state index contributed by atoms with van der Waals surface area (Å²) in [4.78, 5) is 2.76. The maximum Gasteiger partial charge on any atom is 2.00 e. The summed E-state index contributed by atoms with van der Waals surface area (Å²) in [6.45, 7) is 0. The fourth-order valence-corrected chi connectivity index (χ4v) is 5.48. The van der Waals surface area contributed by atoms with Gasteiger partial charge in [0.25, 0.3) is 0 Å². The van der Waals surface area contributed by atoms with Gasteiger partial charge in [0.15, 0.2) is 0 Å². The third-order valence-electron chi connectivity index (χ3n) is 4.34. The predicted molar refractivity (Wildman–Crippen MR) is 121 cm³/mol. The van der Waals surface area contributed by atoms with E-state index in [1.165, 1.54) is 15.9 Å². The summed E-state index contributed by atoms with van der Waals surface area (Å²) >= 11 is 0. The van der Waals surface area contributed by atoms with Crippen molar-refractivity contribution in [2.75, 3.05) is 0 Å². The van der Waals surface area contributed by atoms with Gasteiger partial charge in [-0.2, -0.15) is 48.0 Å². The molecule has 4 aromatic rings. The number of hydrogen-bond donors (Lipinski definition) is 0. The van der Waals surface area contributed by atoms with Gasteiger partial charge in [-0.05, 0) is 6.04 Å². The first kappa shape index (κ1) is 23.4. The molecular formula is C26H21N2PdSi. The standard InChI is InChI=1S/C19H16Si.C7H5N2.Pd/c1-4-10-17(11-5-1)16-20(18-12-6-2-7-13-18)19-14-8-3-9-15-19;8-9-6-7-4-2-1-3-5-7;/h1-10,12-15H,16H2;1-5H;/q2*-1;+2. The Hall–Kier alpha value is -2.86. The first-order valence-corrected chi connectivity index (χ1v) is 11.1. The van der Waals surface area contributed by atoms with Crippen LogP contribution >= 0.6 is 0 Å². The molecule has 0 aliphatic heterocycles. The summed E-state index contributed by atoms with van der Waals surface area (Å²) in [5.41, 5.74) is 10.1. The second-order valence-corrected chi connectivity index (χ2v) is 8.82. The van der Waals surface area contributed by atoms with Gasteiger partial charge in [-0.3, -0.25) is 0 Å². The van der Waals surface area contributed by atoms with Gasteiger partial charge >= 0.3 is 20.4 Å². The van der Waals surface area contributed by atoms with Crippen molar-refractivity contribution >= 4 is 25.4 Å². The van der Waals surface area contributed by atoms with Crippen LogP contribution in [0.4, 0.5) is 0 Å². The van der Waals surface area contributed by atoms with Crippen molar-refractivity contribution in [1.29, 1.82) is 0 Å². The maximum absolute atomic E-state index is 8.03. The van der Waals surface area contributed by atoms with Crippen LogP contribution in [0.2, 0.25) is 0 Å². The molecule has 0 N–H and O–H groups in total. The van der Waals surface area contributed by atoms with Crippen molar-refractivity contribution in [3.8, 4) is 0 Å². The molecule has 0 aliphatic carbocycles. The van der Waals surface area contributed by atoms with Crippen LogP contribution in [-0.4, -0.2) is 19.8 Å². The zero-order valence-electron chi connectivity index (χ0n) is 16.4. The van der Waals surface area contributed by atoms with E-state index >= 15 is 0 Å². The molecule has 0 unspecified atom stereocenters. The first-order valence-electron chi connectivity index (χ1n) is 9.44. The van der Waals surface area contributed by atoms with Gasteiger partial charge in [0.05, 0.1) is 0 Å². The van der Waals surface area contributed by atoms with Crippen molar-refractivity contribution in [3.05, 3.63) is 138 Å².